The molecule has 0 spiro atoms. The van der Waals surface area contributed by atoms with Gasteiger partial charge in [0.15, 0.2) is 0 Å². The highest BCUT2D eigenvalue weighted by molar-refractivity contribution is 6.30. The number of hydrogen-bond donors (Lipinski definition) is 0. The van der Waals surface area contributed by atoms with Crippen LogP contribution in [-0.4, -0.2) is 26.4 Å². The fourth-order valence-electron chi connectivity index (χ4n) is 3.42. The van der Waals surface area contributed by atoms with Crippen LogP contribution in [0, 0.1) is 0 Å². The van der Waals surface area contributed by atoms with Gasteiger partial charge in [-0.15, -0.1) is 0 Å². The molecule has 1 heterocycles. The summed E-state index contributed by atoms with van der Waals surface area (Å²) in [5.74, 6) is 0.403. The summed E-state index contributed by atoms with van der Waals surface area (Å²) in [6.07, 6.45) is 0.555. The number of halogens is 4. The molecule has 0 atom stereocenters. The first-order chi connectivity index (χ1) is 14.3. The van der Waals surface area contributed by atoms with Gasteiger partial charge in [0.05, 0.1) is 12.1 Å². The number of alkyl halides is 3. The minimum absolute atomic E-state index is 0.0264. The lowest BCUT2D eigenvalue weighted by Crippen LogP contribution is -2.33. The molecule has 2 aromatic carbocycles. The molecule has 30 heavy (non-hydrogen) atoms. The highest BCUT2D eigenvalue weighted by Gasteiger charge is 2.35. The minimum Gasteiger partial charge on any atom is -0.329 e. The Hall–Kier alpha value is -2.80. The van der Waals surface area contributed by atoms with Gasteiger partial charge < -0.3 is 9.47 Å². The van der Waals surface area contributed by atoms with E-state index in [0.717, 1.165) is 18.9 Å². The van der Waals surface area contributed by atoms with Crippen molar-refractivity contribution in [2.45, 2.75) is 38.1 Å². The summed E-state index contributed by atoms with van der Waals surface area (Å²) in [4.78, 5) is 19.1. The molecule has 4 nitrogen and oxygen atoms in total. The predicted molar refractivity (Wildman–Crippen MR) is 107 cm³/mol. The molecule has 156 valence electrons. The van der Waals surface area contributed by atoms with Crippen molar-refractivity contribution < 1.29 is 18.0 Å². The highest BCUT2D eigenvalue weighted by Crippen LogP contribution is 2.33. The first-order valence-electron chi connectivity index (χ1n) is 9.54. The summed E-state index contributed by atoms with van der Waals surface area (Å²) in [5, 5.41) is 0.545. The lowest BCUT2D eigenvalue weighted by atomic mass is 10.1. The monoisotopic (exact) mass is 433 g/mol. The van der Waals surface area contributed by atoms with Gasteiger partial charge in [-0.05, 0) is 48.7 Å². The smallest absolute Gasteiger partial charge is 0.329 e. The zero-order valence-corrected chi connectivity index (χ0v) is 16.7. The number of nitrogens with zero attached hydrogens (tertiary/aromatic N) is 3. The Balaban J connectivity index is 1.57. The molecule has 1 aliphatic rings. The topological polar surface area (TPSA) is 38.1 Å². The lowest BCUT2D eigenvalue weighted by Gasteiger charge is -2.23. The van der Waals surface area contributed by atoms with Gasteiger partial charge in [-0.25, -0.2) is 4.98 Å². The maximum Gasteiger partial charge on any atom is 0.416 e. The van der Waals surface area contributed by atoms with E-state index in [9.17, 15) is 18.0 Å². The third-order valence-electron chi connectivity index (χ3n) is 5.12. The fourth-order valence-corrected chi connectivity index (χ4v) is 3.54. The van der Waals surface area contributed by atoms with Crippen LogP contribution in [0.4, 0.5) is 13.2 Å². The van der Waals surface area contributed by atoms with Gasteiger partial charge >= 0.3 is 6.18 Å². The lowest BCUT2D eigenvalue weighted by molar-refractivity contribution is -0.138. The standard InChI is InChI=1S/C22H19ClF3N3O/c23-17-7-5-15(6-8-17)21(30)29(18-9-10-18)14-20-27-11-12-28(20)13-16-3-1-2-4-19(16)22(24,25)26/h1-8,11-12,18H,9-10,13-14H2. The fraction of sp³-hybridized carbons (Fsp3) is 0.273. The van der Waals surface area contributed by atoms with Crippen LogP contribution in [0.5, 0.6) is 0 Å². The van der Waals surface area contributed by atoms with Crippen LogP contribution in [0.1, 0.15) is 40.2 Å². The number of amides is 1. The molecule has 1 fully saturated rings. The number of aromatic nitrogens is 2. The number of benzene rings is 2. The van der Waals surface area contributed by atoms with Crippen molar-refractivity contribution in [1.82, 2.24) is 14.5 Å². The quantitative estimate of drug-likeness (QED) is 0.521. The Labute approximate surface area is 176 Å². The van der Waals surface area contributed by atoms with E-state index in [4.69, 9.17) is 11.6 Å². The number of carbonyl (C=O) groups is 1. The van der Waals surface area contributed by atoms with Crippen LogP contribution >= 0.6 is 11.6 Å². The van der Waals surface area contributed by atoms with Gasteiger partial charge in [-0.2, -0.15) is 13.2 Å². The van der Waals surface area contributed by atoms with E-state index in [1.165, 1.54) is 12.1 Å². The van der Waals surface area contributed by atoms with Gasteiger partial charge in [-0.3, -0.25) is 4.79 Å². The summed E-state index contributed by atoms with van der Waals surface area (Å²) < 4.78 is 41.7. The second kappa shape index (κ2) is 8.14. The first-order valence-corrected chi connectivity index (χ1v) is 9.92. The molecule has 4 rings (SSSR count). The Morgan fingerprint density at radius 3 is 2.50 bits per heavy atom. The van der Waals surface area contributed by atoms with Crippen molar-refractivity contribution >= 4 is 17.5 Å². The third-order valence-corrected chi connectivity index (χ3v) is 5.37. The Bertz CT molecular complexity index is 1040. The molecule has 0 saturated heterocycles. The van der Waals surface area contributed by atoms with E-state index >= 15 is 0 Å². The normalized spacial score (nSPS) is 14.0. The average molecular weight is 434 g/mol. The largest absolute Gasteiger partial charge is 0.416 e. The van der Waals surface area contributed by atoms with Crippen molar-refractivity contribution in [3.05, 3.63) is 88.5 Å². The summed E-state index contributed by atoms with van der Waals surface area (Å²) in [5.41, 5.74) is 0.0130. The molecule has 1 aliphatic carbocycles. The van der Waals surface area contributed by atoms with Gasteiger partial charge in [0.2, 0.25) is 0 Å². The van der Waals surface area contributed by atoms with Crippen LogP contribution in [-0.2, 0) is 19.3 Å². The predicted octanol–water partition coefficient (Wildman–Crippen LogP) is 5.41. The molecule has 1 aromatic heterocycles. The van der Waals surface area contributed by atoms with E-state index in [2.05, 4.69) is 4.98 Å². The highest BCUT2D eigenvalue weighted by atomic mass is 35.5. The Kier molecular flexibility index (Phi) is 5.56. The number of imidazole rings is 1. The molecule has 0 N–H and O–H groups in total. The molecule has 8 heteroatoms. The van der Waals surface area contributed by atoms with Crippen LogP contribution in [0.3, 0.4) is 0 Å². The molecule has 0 unspecified atom stereocenters. The van der Waals surface area contributed by atoms with Crippen molar-refractivity contribution in [1.29, 1.82) is 0 Å². The molecule has 1 amide bonds. The molecular weight excluding hydrogens is 415 g/mol. The van der Waals surface area contributed by atoms with E-state index in [-0.39, 0.29) is 30.6 Å². The molecule has 1 saturated carbocycles. The number of hydrogen-bond acceptors (Lipinski definition) is 2. The minimum atomic E-state index is -4.43. The molecule has 0 bridgehead atoms. The van der Waals surface area contributed by atoms with Crippen molar-refractivity contribution in [2.75, 3.05) is 0 Å². The molecule has 3 aromatic rings. The molecular formula is C22H19ClF3N3O. The van der Waals surface area contributed by atoms with Gasteiger partial charge in [0.25, 0.3) is 5.91 Å². The van der Waals surface area contributed by atoms with E-state index in [1.807, 2.05) is 0 Å². The molecule has 0 radical (unpaired) electrons. The summed E-state index contributed by atoms with van der Waals surface area (Å²) >= 11 is 5.91. The van der Waals surface area contributed by atoms with E-state index < -0.39 is 11.7 Å². The van der Waals surface area contributed by atoms with Crippen LogP contribution in [0.2, 0.25) is 5.02 Å². The number of rotatable bonds is 6. The maximum absolute atomic E-state index is 13.3. The van der Waals surface area contributed by atoms with Gasteiger partial charge in [-0.1, -0.05) is 29.8 Å². The van der Waals surface area contributed by atoms with Crippen molar-refractivity contribution in [3.63, 3.8) is 0 Å². The second-order valence-electron chi connectivity index (χ2n) is 7.30. The Morgan fingerprint density at radius 1 is 1.13 bits per heavy atom. The zero-order valence-electron chi connectivity index (χ0n) is 15.9. The van der Waals surface area contributed by atoms with Gasteiger partial charge in [0.1, 0.15) is 5.82 Å². The van der Waals surface area contributed by atoms with Crippen LogP contribution in [0.25, 0.3) is 0 Å². The SMILES string of the molecule is O=C(c1ccc(Cl)cc1)N(Cc1nccn1Cc1ccccc1C(F)(F)F)C1CC1. The zero-order chi connectivity index (χ0) is 21.3. The summed E-state index contributed by atoms with van der Waals surface area (Å²) in [6, 6.07) is 12.3. The van der Waals surface area contributed by atoms with Gasteiger partial charge in [0, 0.05) is 35.6 Å². The summed E-state index contributed by atoms with van der Waals surface area (Å²) in [6.45, 7) is 0.256. The third kappa shape index (κ3) is 4.51. The average Bonchev–Trinajstić information content (AvgIpc) is 3.46. The number of carbonyl (C=O) groups excluding carboxylic acids is 1. The van der Waals surface area contributed by atoms with E-state index in [0.29, 0.717) is 16.4 Å². The second-order valence-corrected chi connectivity index (χ2v) is 7.73. The summed E-state index contributed by atoms with van der Waals surface area (Å²) in [7, 11) is 0. The molecule has 0 aliphatic heterocycles. The van der Waals surface area contributed by atoms with E-state index in [1.54, 1.807) is 52.2 Å². The van der Waals surface area contributed by atoms with Crippen molar-refractivity contribution in [3.8, 4) is 0 Å². The van der Waals surface area contributed by atoms with Crippen LogP contribution in [0.15, 0.2) is 60.9 Å². The Morgan fingerprint density at radius 2 is 1.83 bits per heavy atom. The van der Waals surface area contributed by atoms with Crippen molar-refractivity contribution in [2.24, 2.45) is 0 Å². The van der Waals surface area contributed by atoms with Crippen LogP contribution < -0.4 is 0 Å². The maximum atomic E-state index is 13.3. The first kappa shape index (κ1) is 20.5.